The minimum absolute atomic E-state index is 0. The van der Waals surface area contributed by atoms with Crippen molar-refractivity contribution in [2.24, 2.45) is 0 Å². The third kappa shape index (κ3) is 5.55. The molecular weight excluding hydrogens is 362 g/mol. The molecule has 1 heterocycles. The molecule has 5 nitrogen and oxygen atoms in total. The molecule has 0 radical (unpaired) electrons. The summed E-state index contributed by atoms with van der Waals surface area (Å²) in [6.07, 6.45) is 0.639. The van der Waals surface area contributed by atoms with E-state index in [4.69, 9.17) is 0 Å². The summed E-state index contributed by atoms with van der Waals surface area (Å²) in [5.74, 6) is -0.326. The second-order valence-corrected chi connectivity index (χ2v) is 6.84. The van der Waals surface area contributed by atoms with Crippen LogP contribution in [0, 0.1) is 6.92 Å². The topological polar surface area (TPSA) is 70.2 Å². The highest BCUT2D eigenvalue weighted by Crippen LogP contribution is 2.16. The van der Waals surface area contributed by atoms with Crippen LogP contribution in [0.4, 0.5) is 0 Å². The summed E-state index contributed by atoms with van der Waals surface area (Å²) in [5, 5.41) is 8.92. The fraction of sp³-hybridized carbons (Fsp3) is 0.333. The molecule has 0 aliphatic carbocycles. The number of carbonyl (C=O) groups is 2. The van der Waals surface area contributed by atoms with Crippen molar-refractivity contribution in [3.05, 3.63) is 70.8 Å². The molecule has 0 bridgehead atoms. The van der Waals surface area contributed by atoms with Gasteiger partial charge in [0.05, 0.1) is 6.04 Å². The first-order valence-corrected chi connectivity index (χ1v) is 8.97. The van der Waals surface area contributed by atoms with E-state index in [2.05, 4.69) is 22.0 Å². The van der Waals surface area contributed by atoms with Crippen LogP contribution in [0.5, 0.6) is 0 Å². The lowest BCUT2D eigenvalue weighted by atomic mass is 9.95. The molecule has 0 saturated carbocycles. The minimum Gasteiger partial charge on any atom is -0.350 e. The van der Waals surface area contributed by atoms with Gasteiger partial charge in [0, 0.05) is 13.1 Å². The second kappa shape index (κ2) is 9.53. The molecule has 0 spiro atoms. The predicted molar refractivity (Wildman–Crippen MR) is 109 cm³/mol. The number of aryl methyl sites for hydroxylation is 1. The van der Waals surface area contributed by atoms with Gasteiger partial charge < -0.3 is 16.0 Å². The number of rotatable bonds is 5. The van der Waals surface area contributed by atoms with Gasteiger partial charge in [0.2, 0.25) is 11.8 Å². The lowest BCUT2D eigenvalue weighted by Gasteiger charge is -2.26. The first-order chi connectivity index (χ1) is 12.5. The molecule has 1 aliphatic rings. The van der Waals surface area contributed by atoms with Crippen molar-refractivity contribution < 1.29 is 9.59 Å². The maximum Gasteiger partial charge on any atom is 0.242 e. The Hall–Kier alpha value is -2.37. The summed E-state index contributed by atoms with van der Waals surface area (Å²) in [4.78, 5) is 24.7. The highest BCUT2D eigenvalue weighted by atomic mass is 35.5. The van der Waals surface area contributed by atoms with Crippen LogP contribution in [0.1, 0.15) is 29.2 Å². The average Bonchev–Trinajstić information content (AvgIpc) is 2.66. The Labute approximate surface area is 166 Å². The maximum absolute atomic E-state index is 12.5. The number of fused-ring (bicyclic) bond motifs is 1. The number of amides is 2. The number of hydrogen-bond acceptors (Lipinski definition) is 3. The van der Waals surface area contributed by atoms with Crippen LogP contribution in [-0.2, 0) is 29.1 Å². The van der Waals surface area contributed by atoms with E-state index in [1.54, 1.807) is 6.92 Å². The highest BCUT2D eigenvalue weighted by molar-refractivity contribution is 5.89. The van der Waals surface area contributed by atoms with Crippen molar-refractivity contribution >= 4 is 24.2 Å². The number of carbonyl (C=O) groups excluding carboxylic acids is 2. The Bertz CT molecular complexity index is 792. The van der Waals surface area contributed by atoms with Crippen molar-refractivity contribution in [2.75, 3.05) is 0 Å². The summed E-state index contributed by atoms with van der Waals surface area (Å²) in [5.41, 5.74) is 4.62. The number of halogens is 1. The third-order valence-corrected chi connectivity index (χ3v) is 4.74. The molecule has 2 amide bonds. The fourth-order valence-corrected chi connectivity index (χ4v) is 3.07. The first-order valence-electron chi connectivity index (χ1n) is 8.97. The van der Waals surface area contributed by atoms with Crippen LogP contribution in [0.15, 0.2) is 48.5 Å². The maximum atomic E-state index is 12.5. The van der Waals surface area contributed by atoms with E-state index in [0.29, 0.717) is 19.5 Å². The molecule has 0 fully saturated rings. The van der Waals surface area contributed by atoms with Crippen LogP contribution in [0.25, 0.3) is 0 Å². The summed E-state index contributed by atoms with van der Waals surface area (Å²) in [6, 6.07) is 15.2. The summed E-state index contributed by atoms with van der Waals surface area (Å²) in [7, 11) is 0. The van der Waals surface area contributed by atoms with Gasteiger partial charge >= 0.3 is 0 Å². The zero-order chi connectivity index (χ0) is 18.5. The lowest BCUT2D eigenvalue weighted by Crippen LogP contribution is -2.53. The van der Waals surface area contributed by atoms with Gasteiger partial charge in [-0.3, -0.25) is 9.59 Å². The Kier molecular flexibility index (Phi) is 7.39. The molecule has 0 aromatic heterocycles. The van der Waals surface area contributed by atoms with Gasteiger partial charge in [-0.15, -0.1) is 12.4 Å². The third-order valence-electron chi connectivity index (χ3n) is 4.74. The predicted octanol–water partition coefficient (Wildman–Crippen LogP) is 2.25. The molecule has 0 unspecified atom stereocenters. The molecule has 0 saturated heterocycles. The van der Waals surface area contributed by atoms with E-state index in [-0.39, 0.29) is 30.3 Å². The van der Waals surface area contributed by atoms with E-state index in [9.17, 15) is 9.59 Å². The van der Waals surface area contributed by atoms with Gasteiger partial charge in [0.1, 0.15) is 6.04 Å². The van der Waals surface area contributed by atoms with Crippen molar-refractivity contribution in [3.63, 3.8) is 0 Å². The summed E-state index contributed by atoms with van der Waals surface area (Å²) < 4.78 is 0. The van der Waals surface area contributed by atoms with Gasteiger partial charge in [-0.1, -0.05) is 54.1 Å². The molecule has 144 valence electrons. The molecule has 2 aromatic rings. The molecular formula is C21H26ClN3O2. The van der Waals surface area contributed by atoms with Crippen molar-refractivity contribution in [2.45, 2.75) is 45.4 Å². The summed E-state index contributed by atoms with van der Waals surface area (Å²) >= 11 is 0. The molecule has 2 atom stereocenters. The Morgan fingerprint density at radius 3 is 2.48 bits per heavy atom. The largest absolute Gasteiger partial charge is 0.350 e. The van der Waals surface area contributed by atoms with E-state index >= 15 is 0 Å². The molecule has 3 rings (SSSR count). The Morgan fingerprint density at radius 2 is 1.78 bits per heavy atom. The van der Waals surface area contributed by atoms with Gasteiger partial charge in [-0.25, -0.2) is 0 Å². The van der Waals surface area contributed by atoms with Crippen LogP contribution >= 0.6 is 12.4 Å². The van der Waals surface area contributed by atoms with Crippen molar-refractivity contribution in [1.82, 2.24) is 16.0 Å². The second-order valence-electron chi connectivity index (χ2n) is 6.84. The van der Waals surface area contributed by atoms with Gasteiger partial charge in [-0.2, -0.15) is 0 Å². The van der Waals surface area contributed by atoms with E-state index in [1.165, 1.54) is 16.7 Å². The molecule has 6 heteroatoms. The molecule has 2 aromatic carbocycles. The van der Waals surface area contributed by atoms with Crippen molar-refractivity contribution in [1.29, 1.82) is 0 Å². The zero-order valence-electron chi connectivity index (χ0n) is 15.6. The van der Waals surface area contributed by atoms with E-state index in [0.717, 1.165) is 5.56 Å². The van der Waals surface area contributed by atoms with Gasteiger partial charge in [0.15, 0.2) is 0 Å². The molecule has 27 heavy (non-hydrogen) atoms. The zero-order valence-corrected chi connectivity index (χ0v) is 16.4. The fourth-order valence-electron chi connectivity index (χ4n) is 3.07. The number of benzene rings is 2. The highest BCUT2D eigenvalue weighted by Gasteiger charge is 2.26. The quantitative estimate of drug-likeness (QED) is 0.737. The first kappa shape index (κ1) is 20.9. The van der Waals surface area contributed by atoms with Crippen LogP contribution in [-0.4, -0.2) is 23.9 Å². The van der Waals surface area contributed by atoms with Crippen molar-refractivity contribution in [3.8, 4) is 0 Å². The molecule has 1 aliphatic heterocycles. The van der Waals surface area contributed by atoms with Crippen LogP contribution in [0.2, 0.25) is 0 Å². The SMILES string of the molecule is Cc1ccc(CNC(=O)[C@H](C)NC(=O)[C@@H]2Cc3ccccc3CN2)cc1.Cl. The van der Waals surface area contributed by atoms with E-state index < -0.39 is 6.04 Å². The smallest absolute Gasteiger partial charge is 0.242 e. The van der Waals surface area contributed by atoms with E-state index in [1.807, 2.05) is 49.4 Å². The summed E-state index contributed by atoms with van der Waals surface area (Å²) in [6.45, 7) is 4.85. The van der Waals surface area contributed by atoms with Gasteiger partial charge in [0.25, 0.3) is 0 Å². The number of nitrogens with one attached hydrogen (secondary N) is 3. The lowest BCUT2D eigenvalue weighted by molar-refractivity contribution is -0.129. The van der Waals surface area contributed by atoms with Crippen LogP contribution in [0.3, 0.4) is 0 Å². The standard InChI is InChI=1S/C21H25N3O2.ClH/c1-14-7-9-16(10-8-14)12-23-20(25)15(2)24-21(26)19-11-17-5-3-4-6-18(17)13-22-19;/h3-10,15,19,22H,11-13H2,1-2H3,(H,23,25)(H,24,26);1H/t15-,19-;/m0./s1. The Balaban J connectivity index is 0.00000261. The average molecular weight is 388 g/mol. The Morgan fingerprint density at radius 1 is 1.11 bits per heavy atom. The van der Waals surface area contributed by atoms with Crippen LogP contribution < -0.4 is 16.0 Å². The molecule has 3 N–H and O–H groups in total. The number of hydrogen-bond donors (Lipinski definition) is 3. The normalized spacial score (nSPS) is 16.4. The minimum atomic E-state index is -0.577. The van der Waals surface area contributed by atoms with Gasteiger partial charge in [-0.05, 0) is 37.0 Å². The monoisotopic (exact) mass is 387 g/mol.